The molecular weight excluding hydrogens is 351 g/mol. The van der Waals surface area contributed by atoms with E-state index in [1.54, 1.807) is 0 Å². The van der Waals surface area contributed by atoms with Gasteiger partial charge in [0.25, 0.3) is 0 Å². The van der Waals surface area contributed by atoms with Gasteiger partial charge in [-0.2, -0.15) is 13.2 Å². The molecule has 0 aromatic heterocycles. The summed E-state index contributed by atoms with van der Waals surface area (Å²) in [5.74, 6) is -2.31. The van der Waals surface area contributed by atoms with Crippen LogP contribution < -0.4 is 5.73 Å². The number of carbonyl (C=O) groups excluding carboxylic acids is 1. The van der Waals surface area contributed by atoms with Crippen LogP contribution in [0.25, 0.3) is 0 Å². The van der Waals surface area contributed by atoms with Crippen molar-refractivity contribution in [3.63, 3.8) is 0 Å². The van der Waals surface area contributed by atoms with Crippen LogP contribution in [-0.4, -0.2) is 71.2 Å². The molecule has 0 bridgehead atoms. The van der Waals surface area contributed by atoms with Gasteiger partial charge >= 0.3 is 12.1 Å². The number of rotatable bonds is 2. The predicted octanol–water partition coefficient (Wildman–Crippen LogP) is 1.83. The Hall–Kier alpha value is -1.35. The van der Waals surface area contributed by atoms with Crippen LogP contribution in [0.3, 0.4) is 0 Å². The number of amides is 1. The van der Waals surface area contributed by atoms with Crippen molar-refractivity contribution < 1.29 is 27.9 Å². The van der Waals surface area contributed by atoms with E-state index in [1.807, 2.05) is 0 Å². The van der Waals surface area contributed by atoms with Gasteiger partial charge in [-0.15, -0.1) is 0 Å². The maximum atomic E-state index is 12.6. The lowest BCUT2D eigenvalue weighted by Gasteiger charge is -2.39. The van der Waals surface area contributed by atoms with Gasteiger partial charge in [-0.3, -0.25) is 9.69 Å². The van der Waals surface area contributed by atoms with Crippen molar-refractivity contribution in [1.82, 2.24) is 9.80 Å². The summed E-state index contributed by atoms with van der Waals surface area (Å²) in [6, 6.07) is 0.720. The molecule has 3 N–H and O–H groups in total. The zero-order chi connectivity index (χ0) is 19.3. The Morgan fingerprint density at radius 3 is 2.08 bits per heavy atom. The maximum Gasteiger partial charge on any atom is 0.490 e. The molecule has 3 unspecified atom stereocenters. The first-order valence-electron chi connectivity index (χ1n) is 9.28. The minimum atomic E-state index is -5.08. The first-order chi connectivity index (χ1) is 12.2. The highest BCUT2D eigenvalue weighted by Gasteiger charge is 2.38. The summed E-state index contributed by atoms with van der Waals surface area (Å²) in [6.45, 7) is 4.36. The molecule has 3 fully saturated rings. The van der Waals surface area contributed by atoms with Crippen molar-refractivity contribution in [2.75, 3.05) is 26.2 Å². The minimum absolute atomic E-state index is 0.109. The Kier molecular flexibility index (Phi) is 7.28. The van der Waals surface area contributed by atoms with Gasteiger partial charge in [0.2, 0.25) is 5.91 Å². The molecule has 3 atom stereocenters. The first-order valence-corrected chi connectivity index (χ1v) is 9.28. The lowest BCUT2D eigenvalue weighted by molar-refractivity contribution is -0.192. The third kappa shape index (κ3) is 5.57. The summed E-state index contributed by atoms with van der Waals surface area (Å²) in [7, 11) is 0. The predicted molar refractivity (Wildman–Crippen MR) is 89.4 cm³/mol. The molecule has 3 aliphatic rings. The van der Waals surface area contributed by atoms with Gasteiger partial charge in [0, 0.05) is 25.2 Å². The second kappa shape index (κ2) is 9.03. The zero-order valence-corrected chi connectivity index (χ0v) is 14.9. The number of alkyl halides is 3. The molecule has 26 heavy (non-hydrogen) atoms. The number of carboxylic acid groups (broad SMARTS) is 1. The molecule has 2 heterocycles. The number of nitrogens with zero attached hydrogens (tertiary/aromatic N) is 2. The fourth-order valence-electron chi connectivity index (χ4n) is 4.09. The standard InChI is InChI=1S/C15H27N3O.C2HF3O2/c16-14-7-3-6-13(14)15(19)18-10-4-5-12(11-18)17-8-1-2-9-17;3-2(4,5)1(6)7/h12-14H,1-11,16H2;(H,6,7). The van der Waals surface area contributed by atoms with Crippen LogP contribution in [-0.2, 0) is 9.59 Å². The molecule has 3 rings (SSSR count). The largest absolute Gasteiger partial charge is 0.490 e. The molecule has 0 spiro atoms. The third-order valence-corrected chi connectivity index (χ3v) is 5.49. The molecule has 2 aliphatic heterocycles. The summed E-state index contributed by atoms with van der Waals surface area (Å²) < 4.78 is 31.7. The number of halogens is 3. The number of hydrogen-bond donors (Lipinski definition) is 2. The molecule has 1 amide bonds. The maximum absolute atomic E-state index is 12.6. The zero-order valence-electron chi connectivity index (χ0n) is 14.9. The molecule has 0 aromatic rings. The van der Waals surface area contributed by atoms with Crippen molar-refractivity contribution in [1.29, 1.82) is 0 Å². The van der Waals surface area contributed by atoms with Gasteiger partial charge in [0.05, 0.1) is 5.92 Å². The van der Waals surface area contributed by atoms with Crippen LogP contribution in [0.4, 0.5) is 13.2 Å². The van der Waals surface area contributed by atoms with Crippen LogP contribution in [0.15, 0.2) is 0 Å². The molecular formula is C17H28F3N3O3. The highest BCUT2D eigenvalue weighted by Crippen LogP contribution is 2.28. The molecule has 150 valence electrons. The van der Waals surface area contributed by atoms with E-state index in [0.29, 0.717) is 11.9 Å². The lowest BCUT2D eigenvalue weighted by Crippen LogP contribution is -2.51. The fourth-order valence-corrected chi connectivity index (χ4v) is 4.09. The number of hydrogen-bond acceptors (Lipinski definition) is 4. The van der Waals surface area contributed by atoms with Gasteiger partial charge < -0.3 is 15.7 Å². The van der Waals surface area contributed by atoms with Crippen molar-refractivity contribution >= 4 is 11.9 Å². The molecule has 9 heteroatoms. The summed E-state index contributed by atoms with van der Waals surface area (Å²) in [4.78, 5) is 26.2. The van der Waals surface area contributed by atoms with E-state index >= 15 is 0 Å². The highest BCUT2D eigenvalue weighted by atomic mass is 19.4. The van der Waals surface area contributed by atoms with Crippen LogP contribution in [0.2, 0.25) is 0 Å². The highest BCUT2D eigenvalue weighted by molar-refractivity contribution is 5.80. The van der Waals surface area contributed by atoms with Crippen LogP contribution >= 0.6 is 0 Å². The lowest BCUT2D eigenvalue weighted by atomic mass is 9.98. The van der Waals surface area contributed by atoms with E-state index in [1.165, 1.54) is 32.4 Å². The van der Waals surface area contributed by atoms with E-state index in [-0.39, 0.29) is 12.0 Å². The summed E-state index contributed by atoms with van der Waals surface area (Å²) in [6.07, 6.45) is 3.16. The Balaban J connectivity index is 0.000000298. The van der Waals surface area contributed by atoms with Crippen LogP contribution in [0, 0.1) is 5.92 Å². The molecule has 0 radical (unpaired) electrons. The molecule has 0 aromatic carbocycles. The monoisotopic (exact) mass is 379 g/mol. The van der Waals surface area contributed by atoms with Gasteiger partial charge in [-0.05, 0) is 51.6 Å². The molecule has 2 saturated heterocycles. The Morgan fingerprint density at radius 2 is 1.58 bits per heavy atom. The molecule has 6 nitrogen and oxygen atoms in total. The molecule has 1 saturated carbocycles. The Morgan fingerprint density at radius 1 is 0.962 bits per heavy atom. The van der Waals surface area contributed by atoms with Crippen molar-refractivity contribution in [2.24, 2.45) is 11.7 Å². The average molecular weight is 379 g/mol. The van der Waals surface area contributed by atoms with Gasteiger partial charge in [0.1, 0.15) is 0 Å². The first kappa shape index (κ1) is 21.0. The third-order valence-electron chi connectivity index (χ3n) is 5.49. The number of nitrogens with two attached hydrogens (primary N) is 1. The van der Waals surface area contributed by atoms with Gasteiger partial charge in [-0.1, -0.05) is 6.42 Å². The fraction of sp³-hybridized carbons (Fsp3) is 0.882. The summed E-state index contributed by atoms with van der Waals surface area (Å²) in [5, 5.41) is 7.12. The van der Waals surface area contributed by atoms with Crippen molar-refractivity contribution in [3.8, 4) is 0 Å². The Labute approximate surface area is 151 Å². The van der Waals surface area contributed by atoms with E-state index < -0.39 is 12.1 Å². The number of carboxylic acids is 1. The number of piperidine rings is 1. The van der Waals surface area contributed by atoms with E-state index in [4.69, 9.17) is 15.6 Å². The number of likely N-dealkylation sites (tertiary alicyclic amines) is 2. The molecule has 1 aliphatic carbocycles. The minimum Gasteiger partial charge on any atom is -0.475 e. The smallest absolute Gasteiger partial charge is 0.475 e. The second-order valence-electron chi connectivity index (χ2n) is 7.33. The van der Waals surface area contributed by atoms with E-state index in [2.05, 4.69) is 9.80 Å². The number of aliphatic carboxylic acids is 1. The number of carbonyl (C=O) groups is 2. The van der Waals surface area contributed by atoms with Gasteiger partial charge in [-0.25, -0.2) is 4.79 Å². The van der Waals surface area contributed by atoms with Crippen molar-refractivity contribution in [3.05, 3.63) is 0 Å². The van der Waals surface area contributed by atoms with Gasteiger partial charge in [0.15, 0.2) is 0 Å². The topological polar surface area (TPSA) is 86.9 Å². The average Bonchev–Trinajstić information content (AvgIpc) is 3.25. The van der Waals surface area contributed by atoms with Crippen molar-refractivity contribution in [2.45, 2.75) is 63.2 Å². The summed E-state index contributed by atoms with van der Waals surface area (Å²) in [5.41, 5.74) is 6.09. The van der Waals surface area contributed by atoms with Crippen LogP contribution in [0.1, 0.15) is 44.9 Å². The quantitative estimate of drug-likeness (QED) is 0.765. The normalized spacial score (nSPS) is 30.0. The van der Waals surface area contributed by atoms with E-state index in [0.717, 1.165) is 38.8 Å². The van der Waals surface area contributed by atoms with E-state index in [9.17, 15) is 18.0 Å². The SMILES string of the molecule is NC1CCCC1C(=O)N1CCCC(N2CCCC2)C1.O=C(O)C(F)(F)F. The van der Waals surface area contributed by atoms with Crippen LogP contribution in [0.5, 0.6) is 0 Å². The second-order valence-corrected chi connectivity index (χ2v) is 7.33. The summed E-state index contributed by atoms with van der Waals surface area (Å²) >= 11 is 0. The Bertz CT molecular complexity index is 495.